The summed E-state index contributed by atoms with van der Waals surface area (Å²) in [5, 5.41) is 22.5. The number of carbonyl (C=O) groups is 5. The van der Waals surface area contributed by atoms with Gasteiger partial charge in [0.15, 0.2) is 28.8 Å². The van der Waals surface area contributed by atoms with Gasteiger partial charge in [-0.25, -0.2) is 9.59 Å². The van der Waals surface area contributed by atoms with Gasteiger partial charge in [-0.05, 0) is 31.5 Å². The Balaban J connectivity index is 1.97. The van der Waals surface area contributed by atoms with Crippen molar-refractivity contribution in [3.05, 3.63) is 124 Å². The largest absolute Gasteiger partial charge is 0.504 e. The zero-order chi connectivity index (χ0) is 33.2. The summed E-state index contributed by atoms with van der Waals surface area (Å²) in [5.74, 6) is -7.39. The fourth-order valence-electron chi connectivity index (χ4n) is 4.87. The van der Waals surface area contributed by atoms with Gasteiger partial charge in [0.2, 0.25) is 5.75 Å². The quantitative estimate of drug-likeness (QED) is 0.0494. The van der Waals surface area contributed by atoms with Crippen molar-refractivity contribution in [3.8, 4) is 17.2 Å². The third kappa shape index (κ3) is 7.55. The minimum Gasteiger partial charge on any atom is -0.504 e. The number of Topliss-reactive ketones (excluding diaryl/α,β-unsaturated/α-hetero) is 1. The van der Waals surface area contributed by atoms with E-state index < -0.39 is 57.4 Å². The fraction of sp³-hybridized carbons (Fsp3) is 0.216. The van der Waals surface area contributed by atoms with Gasteiger partial charge in [0.25, 0.3) is 0 Å². The smallest absolute Gasteiger partial charge is 0.343 e. The van der Waals surface area contributed by atoms with Crippen LogP contribution in [0.3, 0.4) is 0 Å². The van der Waals surface area contributed by atoms with Crippen LogP contribution in [0, 0.1) is 0 Å². The first-order valence-corrected chi connectivity index (χ1v) is 15.0. The van der Waals surface area contributed by atoms with E-state index in [2.05, 4.69) is 6.92 Å². The molecule has 0 aliphatic heterocycles. The Morgan fingerprint density at radius 2 is 1.15 bits per heavy atom. The van der Waals surface area contributed by atoms with Gasteiger partial charge in [0, 0.05) is 16.7 Å². The monoisotopic (exact) mass is 622 g/mol. The molecule has 236 valence electrons. The highest BCUT2D eigenvalue weighted by Gasteiger charge is 2.37. The predicted molar refractivity (Wildman–Crippen MR) is 170 cm³/mol. The number of rotatable bonds is 14. The van der Waals surface area contributed by atoms with Crippen molar-refractivity contribution in [3.63, 3.8) is 0 Å². The van der Waals surface area contributed by atoms with E-state index in [1.54, 1.807) is 36.4 Å². The lowest BCUT2D eigenvalue weighted by Crippen LogP contribution is -2.22. The van der Waals surface area contributed by atoms with Gasteiger partial charge in [-0.1, -0.05) is 99.3 Å². The highest BCUT2D eigenvalue weighted by atomic mass is 16.5. The molecule has 9 nitrogen and oxygen atoms in total. The van der Waals surface area contributed by atoms with Crippen molar-refractivity contribution in [1.29, 1.82) is 0 Å². The Bertz CT molecular complexity index is 1760. The number of benzene rings is 4. The molecule has 4 rings (SSSR count). The Labute approximate surface area is 266 Å². The lowest BCUT2D eigenvalue weighted by atomic mass is 9.88. The molecule has 0 heterocycles. The van der Waals surface area contributed by atoms with E-state index in [9.17, 15) is 34.2 Å². The van der Waals surface area contributed by atoms with Gasteiger partial charge in [-0.2, -0.15) is 0 Å². The van der Waals surface area contributed by atoms with Gasteiger partial charge in [0.05, 0.1) is 28.9 Å². The van der Waals surface area contributed by atoms with Crippen LogP contribution < -0.4 is 4.74 Å². The number of hydrogen-bond donors (Lipinski definition) is 2. The summed E-state index contributed by atoms with van der Waals surface area (Å²) in [7, 11) is 0. The molecular formula is C37H34O9. The minimum atomic E-state index is -1.15. The highest BCUT2D eigenvalue weighted by Crippen LogP contribution is 2.46. The minimum absolute atomic E-state index is 0.0387. The Hall–Kier alpha value is -5.57. The van der Waals surface area contributed by atoms with Crippen molar-refractivity contribution in [2.24, 2.45) is 0 Å². The van der Waals surface area contributed by atoms with E-state index in [1.165, 1.54) is 55.5 Å². The fourth-order valence-corrected chi connectivity index (χ4v) is 4.87. The van der Waals surface area contributed by atoms with E-state index in [1.807, 2.05) is 0 Å². The van der Waals surface area contributed by atoms with Gasteiger partial charge in [0.1, 0.15) is 0 Å². The molecule has 0 aliphatic carbocycles. The van der Waals surface area contributed by atoms with Crippen molar-refractivity contribution in [2.45, 2.75) is 46.0 Å². The number of esters is 2. The van der Waals surface area contributed by atoms with Crippen LogP contribution in [0.5, 0.6) is 17.2 Å². The third-order valence-electron chi connectivity index (χ3n) is 7.31. The van der Waals surface area contributed by atoms with E-state index in [0.717, 1.165) is 25.7 Å². The number of carbonyl (C=O) groups excluding carboxylic acids is 5. The maximum atomic E-state index is 14.3. The number of aromatic hydroxyl groups is 2. The zero-order valence-corrected chi connectivity index (χ0v) is 25.6. The summed E-state index contributed by atoms with van der Waals surface area (Å²) in [6.45, 7) is 3.31. The average molecular weight is 623 g/mol. The first-order valence-electron chi connectivity index (χ1n) is 15.0. The standard InChI is InChI=1S/C37H34O9/c1-3-4-5-6-13-21-45-37(44)28-29(31(39)24-15-9-7-10-16-24)33(41)34(42)35(46-36(43)25-17-11-8-12-18-25)30(28)32(40)27-20-14-19-26(22-27)23(2)38/h7-12,14-20,22,41-42H,3-6,13,21H2,1-2H3. The second kappa shape index (κ2) is 15.4. The molecule has 0 spiro atoms. The topological polar surface area (TPSA) is 144 Å². The molecule has 46 heavy (non-hydrogen) atoms. The summed E-state index contributed by atoms with van der Waals surface area (Å²) in [6.07, 6.45) is 4.20. The molecule has 0 aromatic heterocycles. The summed E-state index contributed by atoms with van der Waals surface area (Å²) >= 11 is 0. The van der Waals surface area contributed by atoms with Gasteiger partial charge in [-0.15, -0.1) is 0 Å². The molecule has 0 amide bonds. The molecule has 2 N–H and O–H groups in total. The normalized spacial score (nSPS) is 10.7. The molecule has 0 atom stereocenters. The molecule has 0 saturated carbocycles. The first-order chi connectivity index (χ1) is 22.1. The molecule has 0 saturated heterocycles. The summed E-state index contributed by atoms with van der Waals surface area (Å²) in [5.41, 5.74) is -1.93. The van der Waals surface area contributed by atoms with Gasteiger partial charge < -0.3 is 19.7 Å². The number of hydrogen-bond acceptors (Lipinski definition) is 9. The second-order valence-corrected chi connectivity index (χ2v) is 10.6. The second-order valence-electron chi connectivity index (χ2n) is 10.6. The first kappa shape index (κ1) is 33.3. The molecule has 4 aromatic carbocycles. The number of phenolic OH excluding ortho intramolecular Hbond substituents is 2. The molecular weight excluding hydrogens is 588 g/mol. The van der Waals surface area contributed by atoms with Crippen LogP contribution in [-0.2, 0) is 4.74 Å². The van der Waals surface area contributed by atoms with Crippen LogP contribution in [0.4, 0.5) is 0 Å². The SMILES string of the molecule is CCCCCCCOC(=O)c1c(C(=O)c2ccccc2)c(O)c(O)c(OC(=O)c2ccccc2)c1C(=O)c1cccc(C(C)=O)c1. The molecule has 0 radical (unpaired) electrons. The highest BCUT2D eigenvalue weighted by molar-refractivity contribution is 6.24. The van der Waals surface area contributed by atoms with Crippen LogP contribution in [0.15, 0.2) is 84.9 Å². The molecule has 9 heteroatoms. The number of ether oxygens (including phenoxy) is 2. The molecule has 4 aromatic rings. The Kier molecular flexibility index (Phi) is 11.2. The van der Waals surface area contributed by atoms with E-state index >= 15 is 0 Å². The van der Waals surface area contributed by atoms with E-state index in [-0.39, 0.29) is 34.6 Å². The summed E-state index contributed by atoms with van der Waals surface area (Å²) in [6, 6.07) is 20.9. The molecule has 0 bridgehead atoms. The van der Waals surface area contributed by atoms with E-state index in [4.69, 9.17) is 9.47 Å². The maximum Gasteiger partial charge on any atom is 0.343 e. The molecule has 0 fully saturated rings. The summed E-state index contributed by atoms with van der Waals surface area (Å²) in [4.78, 5) is 67.4. The van der Waals surface area contributed by atoms with Gasteiger partial charge >= 0.3 is 11.9 Å². The lowest BCUT2D eigenvalue weighted by molar-refractivity contribution is 0.0489. The van der Waals surface area contributed by atoms with Crippen LogP contribution in [-0.4, -0.2) is 46.1 Å². The third-order valence-corrected chi connectivity index (χ3v) is 7.31. The van der Waals surface area contributed by atoms with Crippen molar-refractivity contribution < 1.29 is 43.7 Å². The number of ketones is 3. The Morgan fingerprint density at radius 1 is 0.587 bits per heavy atom. The van der Waals surface area contributed by atoms with Crippen LogP contribution in [0.2, 0.25) is 0 Å². The summed E-state index contributed by atoms with van der Waals surface area (Å²) < 4.78 is 11.0. The lowest BCUT2D eigenvalue weighted by Gasteiger charge is -2.20. The van der Waals surface area contributed by atoms with Crippen molar-refractivity contribution >= 4 is 29.3 Å². The van der Waals surface area contributed by atoms with Crippen LogP contribution in [0.1, 0.15) is 109 Å². The predicted octanol–water partition coefficient (Wildman–Crippen LogP) is 7.11. The number of unbranched alkanes of at least 4 members (excludes halogenated alkanes) is 4. The average Bonchev–Trinajstić information content (AvgIpc) is 3.08. The maximum absolute atomic E-state index is 14.3. The molecule has 0 unspecified atom stereocenters. The van der Waals surface area contributed by atoms with E-state index in [0.29, 0.717) is 6.42 Å². The van der Waals surface area contributed by atoms with Crippen molar-refractivity contribution in [1.82, 2.24) is 0 Å². The Morgan fingerprint density at radius 3 is 1.78 bits per heavy atom. The number of phenols is 2. The van der Waals surface area contributed by atoms with Crippen LogP contribution >= 0.6 is 0 Å². The molecule has 0 aliphatic rings. The van der Waals surface area contributed by atoms with Gasteiger partial charge in [-0.3, -0.25) is 14.4 Å². The van der Waals surface area contributed by atoms with Crippen LogP contribution in [0.25, 0.3) is 0 Å². The zero-order valence-electron chi connectivity index (χ0n) is 25.6. The van der Waals surface area contributed by atoms with Crippen molar-refractivity contribution in [2.75, 3.05) is 6.61 Å².